The van der Waals surface area contributed by atoms with E-state index in [0.717, 1.165) is 36.9 Å². The summed E-state index contributed by atoms with van der Waals surface area (Å²) in [4.78, 5) is 43.7. The van der Waals surface area contributed by atoms with E-state index in [1.807, 2.05) is 6.92 Å². The van der Waals surface area contributed by atoms with Gasteiger partial charge in [0.25, 0.3) is 0 Å². The Morgan fingerprint density at radius 2 is 2.03 bits per heavy atom. The average Bonchev–Trinajstić information content (AvgIpc) is 2.73. The maximum Gasteiger partial charge on any atom is 0.231 e. The molecule has 0 spiro atoms. The summed E-state index contributed by atoms with van der Waals surface area (Å²) in [6.07, 6.45) is 9.45. The van der Waals surface area contributed by atoms with Crippen molar-refractivity contribution in [3.05, 3.63) is 53.4 Å². The molecule has 1 unspecified atom stereocenters. The Balaban J connectivity index is 1.72. The van der Waals surface area contributed by atoms with Gasteiger partial charge < -0.3 is 5.73 Å². The van der Waals surface area contributed by atoms with Crippen LogP contribution in [0.4, 0.5) is 0 Å². The Bertz CT molecular complexity index is 956. The van der Waals surface area contributed by atoms with Gasteiger partial charge in [0.2, 0.25) is 5.91 Å². The highest BCUT2D eigenvalue weighted by molar-refractivity contribution is 5.98. The third-order valence-corrected chi connectivity index (χ3v) is 5.34. The minimum atomic E-state index is -0.854. The van der Waals surface area contributed by atoms with Gasteiger partial charge in [-0.2, -0.15) is 0 Å². The largest absolute Gasteiger partial charge is 0.369 e. The highest BCUT2D eigenvalue weighted by Crippen LogP contribution is 2.31. The molecule has 2 N–H and O–H groups in total. The fraction of sp³-hybridized carbons (Fsp3) is 0.455. The number of Topliss-reactive ketones (excluding diaryl/α,β-unsaturated/α-hetero) is 1. The summed E-state index contributed by atoms with van der Waals surface area (Å²) in [6, 6.07) is 3.58. The number of nitrogens with two attached hydrogens (primary N) is 1. The summed E-state index contributed by atoms with van der Waals surface area (Å²) in [6.45, 7) is 3.98. The van der Waals surface area contributed by atoms with E-state index in [9.17, 15) is 9.59 Å². The van der Waals surface area contributed by atoms with Gasteiger partial charge in [-0.1, -0.05) is 19.8 Å². The zero-order valence-electron chi connectivity index (χ0n) is 17.8. The van der Waals surface area contributed by atoms with Crippen LogP contribution < -0.4 is 5.73 Å². The molecule has 1 amide bonds. The molecule has 0 fully saturated rings. The van der Waals surface area contributed by atoms with Crippen LogP contribution in [0.5, 0.6) is 0 Å². The first-order chi connectivity index (χ1) is 14.3. The van der Waals surface area contributed by atoms with Crippen molar-refractivity contribution in [3.8, 4) is 0 Å². The van der Waals surface area contributed by atoms with E-state index < -0.39 is 5.54 Å². The normalized spacial score (nSPS) is 19.0. The minimum Gasteiger partial charge on any atom is -0.369 e. The monoisotopic (exact) mass is 408 g/mol. The van der Waals surface area contributed by atoms with Gasteiger partial charge in [-0.25, -0.2) is 9.98 Å². The smallest absolute Gasteiger partial charge is 0.231 e. The van der Waals surface area contributed by atoms with Crippen LogP contribution in [-0.2, 0) is 23.2 Å². The lowest BCUT2D eigenvalue weighted by Crippen LogP contribution is -2.47. The molecule has 30 heavy (non-hydrogen) atoms. The maximum absolute atomic E-state index is 12.7. The molecule has 8 nitrogen and oxygen atoms in total. The number of pyridine rings is 1. The molecule has 0 aliphatic carbocycles. The van der Waals surface area contributed by atoms with E-state index in [1.165, 1.54) is 4.90 Å². The highest BCUT2D eigenvalue weighted by atomic mass is 16.2. The molecule has 2 aromatic rings. The summed E-state index contributed by atoms with van der Waals surface area (Å²) in [7, 11) is 1.60. The quantitative estimate of drug-likeness (QED) is 0.530. The third-order valence-electron chi connectivity index (χ3n) is 5.34. The van der Waals surface area contributed by atoms with Gasteiger partial charge in [0, 0.05) is 25.9 Å². The van der Waals surface area contributed by atoms with Crippen molar-refractivity contribution in [1.82, 2.24) is 19.9 Å². The predicted molar refractivity (Wildman–Crippen MR) is 114 cm³/mol. The first-order valence-electron chi connectivity index (χ1n) is 10.2. The zero-order valence-corrected chi connectivity index (χ0v) is 17.8. The molecule has 0 bridgehead atoms. The molecule has 1 aliphatic heterocycles. The first-order valence-corrected chi connectivity index (χ1v) is 10.2. The van der Waals surface area contributed by atoms with Crippen molar-refractivity contribution in [2.75, 3.05) is 7.05 Å². The highest BCUT2D eigenvalue weighted by Gasteiger charge is 2.37. The van der Waals surface area contributed by atoms with Crippen LogP contribution in [0, 0.1) is 0 Å². The minimum absolute atomic E-state index is 0.118. The lowest BCUT2D eigenvalue weighted by Gasteiger charge is -2.32. The van der Waals surface area contributed by atoms with E-state index in [0.29, 0.717) is 11.4 Å². The number of carbonyl (C=O) groups is 2. The molecule has 8 heteroatoms. The summed E-state index contributed by atoms with van der Waals surface area (Å²) in [5.41, 5.74) is 7.66. The fourth-order valence-corrected chi connectivity index (χ4v) is 3.39. The van der Waals surface area contributed by atoms with Gasteiger partial charge in [-0.3, -0.25) is 24.5 Å². The summed E-state index contributed by atoms with van der Waals surface area (Å²) in [5, 5.41) is 0. The van der Waals surface area contributed by atoms with Crippen molar-refractivity contribution in [2.45, 2.75) is 57.9 Å². The molecule has 158 valence electrons. The van der Waals surface area contributed by atoms with Crippen molar-refractivity contribution in [1.29, 1.82) is 0 Å². The van der Waals surface area contributed by atoms with Crippen molar-refractivity contribution in [3.63, 3.8) is 0 Å². The standard InChI is InChI=1S/C22H28N6O2/c1-4-5-6-7-16-13-26-17(14-25-16)18(29)10-15-8-9-24-19(11-15)22(2)12-20(30)28(3)21(23)27-22/h8-9,11,13-14H,4-7,10,12H2,1-3H3,(H2,23,27). The Morgan fingerprint density at radius 3 is 2.70 bits per heavy atom. The topological polar surface area (TPSA) is 114 Å². The average molecular weight is 409 g/mol. The lowest BCUT2D eigenvalue weighted by molar-refractivity contribution is -0.128. The number of guanidine groups is 1. The molecular formula is C22H28N6O2. The van der Waals surface area contributed by atoms with Gasteiger partial charge >= 0.3 is 0 Å². The molecule has 1 atom stereocenters. The van der Waals surface area contributed by atoms with Crippen molar-refractivity contribution in [2.24, 2.45) is 10.7 Å². The Labute approximate surface area is 176 Å². The van der Waals surface area contributed by atoms with Gasteiger partial charge in [0.15, 0.2) is 11.7 Å². The van der Waals surface area contributed by atoms with Crippen LogP contribution in [0.25, 0.3) is 0 Å². The number of aryl methyl sites for hydroxylation is 1. The van der Waals surface area contributed by atoms with E-state index in [1.54, 1.807) is 37.8 Å². The molecule has 3 rings (SSSR count). The number of nitrogens with zero attached hydrogens (tertiary/aromatic N) is 5. The molecule has 0 saturated heterocycles. The number of aromatic nitrogens is 3. The van der Waals surface area contributed by atoms with E-state index in [-0.39, 0.29) is 30.5 Å². The van der Waals surface area contributed by atoms with Gasteiger partial charge in [0.1, 0.15) is 11.2 Å². The van der Waals surface area contributed by atoms with Crippen LogP contribution >= 0.6 is 0 Å². The second kappa shape index (κ2) is 9.11. The molecular weight excluding hydrogens is 380 g/mol. The maximum atomic E-state index is 12.7. The second-order valence-electron chi connectivity index (χ2n) is 7.87. The number of hydrogen-bond donors (Lipinski definition) is 1. The molecule has 0 aromatic carbocycles. The number of unbranched alkanes of at least 4 members (excludes halogenated alkanes) is 2. The van der Waals surface area contributed by atoms with E-state index >= 15 is 0 Å². The number of rotatable bonds is 8. The second-order valence-corrected chi connectivity index (χ2v) is 7.87. The number of amides is 1. The van der Waals surface area contributed by atoms with Crippen molar-refractivity contribution >= 4 is 17.6 Å². The number of ketones is 1. The van der Waals surface area contributed by atoms with Crippen LogP contribution in [-0.4, -0.2) is 44.5 Å². The van der Waals surface area contributed by atoms with Crippen LogP contribution in [0.3, 0.4) is 0 Å². The number of carbonyl (C=O) groups excluding carboxylic acids is 2. The number of hydrogen-bond acceptors (Lipinski definition) is 7. The van der Waals surface area contributed by atoms with Gasteiger partial charge in [-0.15, -0.1) is 0 Å². The molecule has 0 saturated carbocycles. The summed E-state index contributed by atoms with van der Waals surface area (Å²) < 4.78 is 0. The van der Waals surface area contributed by atoms with Crippen LogP contribution in [0.1, 0.15) is 67.0 Å². The summed E-state index contributed by atoms with van der Waals surface area (Å²) in [5.74, 6) is -0.0821. The van der Waals surface area contributed by atoms with E-state index in [4.69, 9.17) is 5.73 Å². The molecule has 0 radical (unpaired) electrons. The Kier molecular flexibility index (Phi) is 6.54. The Hall–Kier alpha value is -3.16. The third kappa shape index (κ3) is 4.87. The number of aliphatic imine (C=N–C) groups is 1. The SMILES string of the molecule is CCCCCc1cnc(C(=O)Cc2ccnc(C3(C)CC(=O)N(C)C(N)=N3)c2)cn1. The first kappa shape index (κ1) is 21.5. The predicted octanol–water partition coefficient (Wildman–Crippen LogP) is 2.42. The van der Waals surface area contributed by atoms with Gasteiger partial charge in [0.05, 0.1) is 24.0 Å². The molecule has 3 heterocycles. The van der Waals surface area contributed by atoms with Gasteiger partial charge in [-0.05, 0) is 37.5 Å². The van der Waals surface area contributed by atoms with Crippen LogP contribution in [0.2, 0.25) is 0 Å². The van der Waals surface area contributed by atoms with E-state index in [2.05, 4.69) is 26.9 Å². The lowest BCUT2D eigenvalue weighted by atomic mass is 9.90. The zero-order chi connectivity index (χ0) is 21.7. The Morgan fingerprint density at radius 1 is 1.23 bits per heavy atom. The fourth-order valence-electron chi connectivity index (χ4n) is 3.39. The molecule has 1 aliphatic rings. The van der Waals surface area contributed by atoms with Crippen LogP contribution in [0.15, 0.2) is 35.7 Å². The molecule has 2 aromatic heterocycles. The van der Waals surface area contributed by atoms with Crippen molar-refractivity contribution < 1.29 is 9.59 Å². The summed E-state index contributed by atoms with van der Waals surface area (Å²) >= 11 is 0.